The zero-order chi connectivity index (χ0) is 22.2. The van der Waals surface area contributed by atoms with Crippen LogP contribution in [0.15, 0.2) is 52.2 Å². The second-order valence-corrected chi connectivity index (χ2v) is 7.64. The van der Waals surface area contributed by atoms with Gasteiger partial charge in [0.05, 0.1) is 13.1 Å². The van der Waals surface area contributed by atoms with E-state index in [1.165, 1.54) is 16.8 Å². The van der Waals surface area contributed by atoms with E-state index in [-0.39, 0.29) is 18.4 Å². The summed E-state index contributed by atoms with van der Waals surface area (Å²) in [4.78, 5) is 53.2. The van der Waals surface area contributed by atoms with Crippen LogP contribution in [0.4, 0.5) is 0 Å². The fourth-order valence-corrected chi connectivity index (χ4v) is 3.52. The molecule has 3 rings (SSSR count). The smallest absolute Gasteiger partial charge is 0.331 e. The van der Waals surface area contributed by atoms with Crippen LogP contribution in [0.25, 0.3) is 0 Å². The van der Waals surface area contributed by atoms with E-state index in [1.54, 1.807) is 4.90 Å². The number of carbonyl (C=O) groups is 2. The van der Waals surface area contributed by atoms with Crippen LogP contribution in [-0.4, -0.2) is 70.0 Å². The molecule has 166 valence electrons. The predicted octanol–water partition coefficient (Wildman–Crippen LogP) is -0.271. The van der Waals surface area contributed by atoms with Crippen LogP contribution in [0.5, 0.6) is 0 Å². The van der Waals surface area contributed by atoms with Gasteiger partial charge in [0.2, 0.25) is 11.8 Å². The summed E-state index contributed by atoms with van der Waals surface area (Å²) in [6.07, 6.45) is 2.35. The third-order valence-electron chi connectivity index (χ3n) is 5.29. The Kier molecular flexibility index (Phi) is 7.77. The second-order valence-electron chi connectivity index (χ2n) is 7.64. The molecule has 1 aromatic heterocycles. The summed E-state index contributed by atoms with van der Waals surface area (Å²) in [5.74, 6) is -0.289. The summed E-state index contributed by atoms with van der Waals surface area (Å²) in [6.45, 7) is 5.07. The van der Waals surface area contributed by atoms with Gasteiger partial charge in [-0.2, -0.15) is 0 Å². The topological polar surface area (TPSA) is 96.7 Å². The highest BCUT2D eigenvalue weighted by molar-refractivity contribution is 5.78. The summed E-state index contributed by atoms with van der Waals surface area (Å²) < 4.78 is 2.41. The number of amides is 2. The van der Waals surface area contributed by atoms with Crippen LogP contribution < -0.4 is 16.6 Å². The van der Waals surface area contributed by atoms with Crippen molar-refractivity contribution < 1.29 is 9.59 Å². The molecule has 2 aromatic rings. The summed E-state index contributed by atoms with van der Waals surface area (Å²) in [7, 11) is 0. The van der Waals surface area contributed by atoms with Gasteiger partial charge in [0.15, 0.2) is 0 Å². The van der Waals surface area contributed by atoms with Gasteiger partial charge in [0.1, 0.15) is 6.54 Å². The minimum atomic E-state index is -0.504. The van der Waals surface area contributed by atoms with Crippen molar-refractivity contribution in [3.8, 4) is 0 Å². The van der Waals surface area contributed by atoms with E-state index in [4.69, 9.17) is 0 Å². The molecule has 2 amide bonds. The second kappa shape index (κ2) is 10.7. The highest BCUT2D eigenvalue weighted by Crippen LogP contribution is 2.03. The van der Waals surface area contributed by atoms with E-state index >= 15 is 0 Å². The van der Waals surface area contributed by atoms with E-state index in [2.05, 4.69) is 5.32 Å². The number of hydrogen-bond donors (Lipinski definition) is 1. The monoisotopic (exact) mass is 427 g/mol. The first-order valence-electron chi connectivity index (χ1n) is 10.6. The third-order valence-corrected chi connectivity index (χ3v) is 5.29. The molecule has 0 unspecified atom stereocenters. The molecule has 1 fully saturated rings. The molecule has 9 heteroatoms. The lowest BCUT2D eigenvalue weighted by atomic mass is 10.2. The van der Waals surface area contributed by atoms with Crippen LogP contribution >= 0.6 is 0 Å². The first kappa shape index (κ1) is 22.5. The van der Waals surface area contributed by atoms with Crippen LogP contribution in [-0.2, 0) is 22.7 Å². The summed E-state index contributed by atoms with van der Waals surface area (Å²) in [6, 6.07) is 10.8. The summed E-state index contributed by atoms with van der Waals surface area (Å²) >= 11 is 0. The lowest BCUT2D eigenvalue weighted by Crippen LogP contribution is -2.53. The Morgan fingerprint density at radius 1 is 0.968 bits per heavy atom. The SMILES string of the molecule is CCCNC(=O)CN1CCN(C(=O)Cn2c(=O)ccn(Cc3ccccc3)c2=O)CC1. The van der Waals surface area contributed by atoms with Crippen LogP contribution in [0.1, 0.15) is 18.9 Å². The molecule has 0 spiro atoms. The first-order valence-corrected chi connectivity index (χ1v) is 10.6. The van der Waals surface area contributed by atoms with Crippen molar-refractivity contribution in [3.05, 3.63) is 69.0 Å². The Morgan fingerprint density at radius 2 is 1.68 bits per heavy atom. The van der Waals surface area contributed by atoms with Gasteiger partial charge in [-0.3, -0.25) is 28.4 Å². The number of hydrogen-bond acceptors (Lipinski definition) is 5. The molecule has 1 saturated heterocycles. The number of rotatable bonds is 8. The zero-order valence-corrected chi connectivity index (χ0v) is 17.8. The van der Waals surface area contributed by atoms with E-state index < -0.39 is 11.2 Å². The molecule has 9 nitrogen and oxygen atoms in total. The normalized spacial score (nSPS) is 14.4. The highest BCUT2D eigenvalue weighted by Gasteiger charge is 2.23. The quantitative estimate of drug-likeness (QED) is 0.626. The van der Waals surface area contributed by atoms with Crippen LogP contribution in [0, 0.1) is 0 Å². The Bertz CT molecular complexity index is 1010. The molecule has 1 N–H and O–H groups in total. The Morgan fingerprint density at radius 3 is 2.35 bits per heavy atom. The number of nitrogens with zero attached hydrogens (tertiary/aromatic N) is 4. The lowest BCUT2D eigenvalue weighted by Gasteiger charge is -2.34. The molecule has 1 aromatic carbocycles. The minimum Gasteiger partial charge on any atom is -0.355 e. The van der Waals surface area contributed by atoms with Crippen molar-refractivity contribution in [3.63, 3.8) is 0 Å². The van der Waals surface area contributed by atoms with Gasteiger partial charge in [0, 0.05) is 45.0 Å². The molecule has 0 aliphatic carbocycles. The minimum absolute atomic E-state index is 0.0172. The Labute approximate surface area is 180 Å². The molecule has 0 radical (unpaired) electrons. The number of aromatic nitrogens is 2. The fraction of sp³-hybridized carbons (Fsp3) is 0.455. The van der Waals surface area contributed by atoms with Gasteiger partial charge in [-0.05, 0) is 12.0 Å². The van der Waals surface area contributed by atoms with Crippen LogP contribution in [0.2, 0.25) is 0 Å². The predicted molar refractivity (Wildman–Crippen MR) is 117 cm³/mol. The number of benzene rings is 1. The van der Waals surface area contributed by atoms with Gasteiger partial charge in [0.25, 0.3) is 5.56 Å². The number of carbonyl (C=O) groups excluding carboxylic acids is 2. The van der Waals surface area contributed by atoms with Crippen molar-refractivity contribution in [2.24, 2.45) is 0 Å². The van der Waals surface area contributed by atoms with E-state index in [9.17, 15) is 19.2 Å². The number of piperazine rings is 1. The van der Waals surface area contributed by atoms with Crippen molar-refractivity contribution in [1.82, 2.24) is 24.3 Å². The van der Waals surface area contributed by atoms with Gasteiger partial charge < -0.3 is 10.2 Å². The summed E-state index contributed by atoms with van der Waals surface area (Å²) in [5.41, 5.74) is -0.0648. The maximum atomic E-state index is 12.8. The standard InChI is InChI=1S/C22H29N5O4/c1-2-9-23-19(28)16-24-11-13-25(14-12-24)21(30)17-27-20(29)8-10-26(22(27)31)15-18-6-4-3-5-7-18/h3-8,10H,2,9,11-17H2,1H3,(H,23,28). The van der Waals surface area contributed by atoms with Gasteiger partial charge >= 0.3 is 5.69 Å². The Hall–Kier alpha value is -3.20. The van der Waals surface area contributed by atoms with E-state index in [0.29, 0.717) is 45.8 Å². The van der Waals surface area contributed by atoms with E-state index in [1.807, 2.05) is 42.2 Å². The molecule has 0 saturated carbocycles. The molecule has 0 atom stereocenters. The number of nitrogens with one attached hydrogen (secondary N) is 1. The maximum absolute atomic E-state index is 12.8. The first-order chi connectivity index (χ1) is 15.0. The molecule has 31 heavy (non-hydrogen) atoms. The maximum Gasteiger partial charge on any atom is 0.331 e. The van der Waals surface area contributed by atoms with Gasteiger partial charge in [-0.15, -0.1) is 0 Å². The van der Waals surface area contributed by atoms with Gasteiger partial charge in [-0.1, -0.05) is 37.3 Å². The largest absolute Gasteiger partial charge is 0.355 e. The molecular formula is C22H29N5O4. The molecule has 2 heterocycles. The zero-order valence-electron chi connectivity index (χ0n) is 17.8. The summed E-state index contributed by atoms with van der Waals surface area (Å²) in [5, 5.41) is 2.85. The van der Waals surface area contributed by atoms with Crippen molar-refractivity contribution >= 4 is 11.8 Å². The molecule has 1 aliphatic heterocycles. The highest BCUT2D eigenvalue weighted by atomic mass is 16.2. The van der Waals surface area contributed by atoms with E-state index in [0.717, 1.165) is 16.6 Å². The molecule has 0 bridgehead atoms. The Balaban J connectivity index is 1.59. The average Bonchev–Trinajstić information content (AvgIpc) is 2.78. The third kappa shape index (κ3) is 6.14. The molecule has 1 aliphatic rings. The van der Waals surface area contributed by atoms with Crippen molar-refractivity contribution in [1.29, 1.82) is 0 Å². The van der Waals surface area contributed by atoms with Crippen LogP contribution in [0.3, 0.4) is 0 Å². The van der Waals surface area contributed by atoms with Gasteiger partial charge in [-0.25, -0.2) is 4.79 Å². The van der Waals surface area contributed by atoms with Crippen molar-refractivity contribution in [2.75, 3.05) is 39.3 Å². The van der Waals surface area contributed by atoms with Crippen molar-refractivity contribution in [2.45, 2.75) is 26.4 Å². The average molecular weight is 428 g/mol. The lowest BCUT2D eigenvalue weighted by molar-refractivity contribution is -0.134. The molecular weight excluding hydrogens is 398 g/mol. The fourth-order valence-electron chi connectivity index (χ4n) is 3.52.